The number of carboxylic acid groups (broad SMARTS) is 1. The number of nitrogens with zero attached hydrogens (tertiary/aromatic N) is 2. The van der Waals surface area contributed by atoms with Crippen LogP contribution >= 0.6 is 0 Å². The van der Waals surface area contributed by atoms with E-state index in [1.807, 2.05) is 0 Å². The predicted molar refractivity (Wildman–Crippen MR) is 75.0 cm³/mol. The van der Waals surface area contributed by atoms with E-state index in [1.54, 1.807) is 0 Å². The van der Waals surface area contributed by atoms with E-state index in [1.165, 1.54) is 24.3 Å². The first-order chi connectivity index (χ1) is 10.4. The second-order valence-electron chi connectivity index (χ2n) is 4.87. The van der Waals surface area contributed by atoms with Crippen molar-refractivity contribution in [1.29, 1.82) is 0 Å². The minimum Gasteiger partial charge on any atom is -0.478 e. The van der Waals surface area contributed by atoms with Crippen molar-refractivity contribution in [3.63, 3.8) is 0 Å². The number of non-ortho nitro benzene ring substituents is 2. The number of hydrogen-bond donors (Lipinski definition) is 1. The predicted octanol–water partition coefficient (Wildman–Crippen LogP) is 2.77. The molecule has 0 amide bonds. The van der Waals surface area contributed by atoms with Crippen molar-refractivity contribution < 1.29 is 19.7 Å². The van der Waals surface area contributed by atoms with Crippen LogP contribution in [0, 0.1) is 20.2 Å². The number of hydrogen-bond acceptors (Lipinski definition) is 5. The second kappa shape index (κ2) is 4.62. The Balaban J connectivity index is 2.25. The van der Waals surface area contributed by atoms with Gasteiger partial charge in [-0.3, -0.25) is 20.2 Å². The van der Waals surface area contributed by atoms with Gasteiger partial charge in [-0.1, -0.05) is 0 Å². The Labute approximate surface area is 122 Å². The molecule has 8 heteroatoms. The summed E-state index contributed by atoms with van der Waals surface area (Å²) in [5, 5.41) is 31.0. The highest BCUT2D eigenvalue weighted by molar-refractivity contribution is 6.00. The molecule has 0 bridgehead atoms. The second-order valence-corrected chi connectivity index (χ2v) is 4.87. The standard InChI is InChI=1S/C14H8N2O6/c17-14(18)12-6-10(16(21)22)5-8-3-7-4-9(15(19)20)1-2-11(7)13(8)12/h1-2,4-6H,3H2,(H,17,18). The molecule has 22 heavy (non-hydrogen) atoms. The van der Waals surface area contributed by atoms with Crippen LogP contribution in [0.25, 0.3) is 11.1 Å². The maximum Gasteiger partial charge on any atom is 0.336 e. The minimum absolute atomic E-state index is 0.0991. The number of carboxylic acids is 1. The maximum atomic E-state index is 11.4. The molecule has 0 aliphatic heterocycles. The summed E-state index contributed by atoms with van der Waals surface area (Å²) < 4.78 is 0. The summed E-state index contributed by atoms with van der Waals surface area (Å²) >= 11 is 0. The molecule has 8 nitrogen and oxygen atoms in total. The highest BCUT2D eigenvalue weighted by Crippen LogP contribution is 2.42. The fourth-order valence-corrected chi connectivity index (χ4v) is 2.71. The minimum atomic E-state index is -1.27. The number of benzene rings is 2. The Hall–Kier alpha value is -3.29. The van der Waals surface area contributed by atoms with Crippen molar-refractivity contribution >= 4 is 17.3 Å². The molecule has 0 spiro atoms. The maximum absolute atomic E-state index is 11.4. The SMILES string of the molecule is O=C(O)c1cc([N+](=O)[O-])cc2c1-c1ccc([N+](=O)[O-])cc1C2. The molecular formula is C14H8N2O6. The van der Waals surface area contributed by atoms with E-state index in [4.69, 9.17) is 0 Å². The highest BCUT2D eigenvalue weighted by Gasteiger charge is 2.28. The van der Waals surface area contributed by atoms with Gasteiger partial charge in [-0.2, -0.15) is 0 Å². The number of aromatic carboxylic acids is 1. The van der Waals surface area contributed by atoms with Gasteiger partial charge in [0.1, 0.15) is 0 Å². The van der Waals surface area contributed by atoms with Crippen LogP contribution in [0.3, 0.4) is 0 Å². The molecule has 3 rings (SSSR count). The first kappa shape index (κ1) is 13.7. The lowest BCUT2D eigenvalue weighted by molar-refractivity contribution is -0.385. The summed E-state index contributed by atoms with van der Waals surface area (Å²) in [6, 6.07) is 6.47. The van der Waals surface area contributed by atoms with Crippen LogP contribution in [0.15, 0.2) is 30.3 Å². The van der Waals surface area contributed by atoms with Crippen molar-refractivity contribution in [2.24, 2.45) is 0 Å². The van der Waals surface area contributed by atoms with Gasteiger partial charge in [0.25, 0.3) is 11.4 Å². The molecule has 1 aliphatic rings. The van der Waals surface area contributed by atoms with Crippen LogP contribution in [-0.2, 0) is 6.42 Å². The van der Waals surface area contributed by atoms with Gasteiger partial charge in [0.05, 0.1) is 15.4 Å². The van der Waals surface area contributed by atoms with E-state index < -0.39 is 15.8 Å². The molecule has 1 N–H and O–H groups in total. The molecule has 0 aromatic heterocycles. The zero-order valence-corrected chi connectivity index (χ0v) is 11.0. The third kappa shape index (κ3) is 1.97. The fourth-order valence-electron chi connectivity index (χ4n) is 2.71. The first-order valence-electron chi connectivity index (χ1n) is 6.21. The van der Waals surface area contributed by atoms with Crippen LogP contribution in [0.2, 0.25) is 0 Å². The number of fused-ring (bicyclic) bond motifs is 3. The number of carbonyl (C=O) groups is 1. The number of rotatable bonds is 3. The third-order valence-electron chi connectivity index (χ3n) is 3.60. The average molecular weight is 300 g/mol. The smallest absolute Gasteiger partial charge is 0.336 e. The van der Waals surface area contributed by atoms with Gasteiger partial charge in [-0.05, 0) is 29.2 Å². The van der Waals surface area contributed by atoms with Crippen molar-refractivity contribution in [2.45, 2.75) is 6.42 Å². The molecule has 0 radical (unpaired) electrons. The lowest BCUT2D eigenvalue weighted by Crippen LogP contribution is -2.02. The fraction of sp³-hybridized carbons (Fsp3) is 0.0714. The van der Waals surface area contributed by atoms with Crippen LogP contribution in [-0.4, -0.2) is 20.9 Å². The molecule has 0 saturated carbocycles. The van der Waals surface area contributed by atoms with Gasteiger partial charge >= 0.3 is 5.97 Å². The summed E-state index contributed by atoms with van der Waals surface area (Å²) in [5.41, 5.74) is 1.46. The molecule has 0 saturated heterocycles. The van der Waals surface area contributed by atoms with E-state index in [0.29, 0.717) is 22.3 Å². The van der Waals surface area contributed by atoms with Crippen molar-refractivity contribution in [1.82, 2.24) is 0 Å². The monoisotopic (exact) mass is 300 g/mol. The Morgan fingerprint density at radius 1 is 1.00 bits per heavy atom. The zero-order valence-electron chi connectivity index (χ0n) is 11.0. The first-order valence-corrected chi connectivity index (χ1v) is 6.21. The molecule has 1 aliphatic carbocycles. The summed E-state index contributed by atoms with van der Waals surface area (Å²) in [7, 11) is 0. The van der Waals surface area contributed by atoms with Gasteiger partial charge in [0.2, 0.25) is 0 Å². The van der Waals surface area contributed by atoms with Crippen LogP contribution in [0.1, 0.15) is 21.5 Å². The molecule has 110 valence electrons. The van der Waals surface area contributed by atoms with E-state index in [9.17, 15) is 30.1 Å². The molecular weight excluding hydrogens is 292 g/mol. The highest BCUT2D eigenvalue weighted by atomic mass is 16.6. The Bertz CT molecular complexity index is 859. The largest absolute Gasteiger partial charge is 0.478 e. The van der Waals surface area contributed by atoms with Gasteiger partial charge in [-0.15, -0.1) is 0 Å². The lowest BCUT2D eigenvalue weighted by atomic mass is 9.98. The Morgan fingerprint density at radius 2 is 1.64 bits per heavy atom. The Morgan fingerprint density at radius 3 is 2.23 bits per heavy atom. The van der Waals surface area contributed by atoms with E-state index in [2.05, 4.69) is 0 Å². The van der Waals surface area contributed by atoms with Gasteiger partial charge in [0.15, 0.2) is 0 Å². The quantitative estimate of drug-likeness (QED) is 0.585. The van der Waals surface area contributed by atoms with E-state index in [0.717, 1.165) is 6.07 Å². The number of nitro benzene ring substituents is 2. The molecule has 0 atom stereocenters. The van der Waals surface area contributed by atoms with Gasteiger partial charge in [0, 0.05) is 29.8 Å². The third-order valence-corrected chi connectivity index (χ3v) is 3.60. The van der Waals surface area contributed by atoms with E-state index in [-0.39, 0.29) is 23.4 Å². The average Bonchev–Trinajstić information content (AvgIpc) is 2.82. The van der Waals surface area contributed by atoms with Crippen LogP contribution in [0.4, 0.5) is 11.4 Å². The molecule has 0 fully saturated rings. The molecule has 2 aromatic rings. The van der Waals surface area contributed by atoms with Gasteiger partial charge in [-0.25, -0.2) is 4.79 Å². The normalized spacial score (nSPS) is 11.6. The lowest BCUT2D eigenvalue weighted by Gasteiger charge is -2.06. The molecule has 0 unspecified atom stereocenters. The van der Waals surface area contributed by atoms with E-state index >= 15 is 0 Å². The van der Waals surface area contributed by atoms with Crippen molar-refractivity contribution in [3.05, 3.63) is 67.3 Å². The Kier molecular flexibility index (Phi) is 2.87. The molecule has 2 aromatic carbocycles. The van der Waals surface area contributed by atoms with Crippen molar-refractivity contribution in [3.8, 4) is 11.1 Å². The summed E-state index contributed by atoms with van der Waals surface area (Å²) in [6.45, 7) is 0. The van der Waals surface area contributed by atoms with Crippen LogP contribution in [0.5, 0.6) is 0 Å². The van der Waals surface area contributed by atoms with Crippen LogP contribution < -0.4 is 0 Å². The number of nitro groups is 2. The topological polar surface area (TPSA) is 124 Å². The van der Waals surface area contributed by atoms with Crippen molar-refractivity contribution in [2.75, 3.05) is 0 Å². The van der Waals surface area contributed by atoms with Gasteiger partial charge < -0.3 is 5.11 Å². The summed E-state index contributed by atoms with van der Waals surface area (Å²) in [6.07, 6.45) is 0.230. The molecule has 0 heterocycles. The zero-order chi connectivity index (χ0) is 16.0. The summed E-state index contributed by atoms with van der Waals surface area (Å²) in [4.78, 5) is 31.9. The summed E-state index contributed by atoms with van der Waals surface area (Å²) in [5.74, 6) is -1.27.